The number of anilines is 1. The third-order valence-electron chi connectivity index (χ3n) is 4.60. The van der Waals surface area contributed by atoms with Crippen LogP contribution in [0.15, 0.2) is 16.5 Å². The quantitative estimate of drug-likeness (QED) is 0.805. The summed E-state index contributed by atoms with van der Waals surface area (Å²) in [5.41, 5.74) is 2.29. The van der Waals surface area contributed by atoms with Crippen LogP contribution in [0.5, 0.6) is 0 Å². The Balaban J connectivity index is 1.50. The van der Waals surface area contributed by atoms with E-state index < -0.39 is 0 Å². The van der Waals surface area contributed by atoms with E-state index in [1.54, 1.807) is 0 Å². The molecule has 0 unspecified atom stereocenters. The molecule has 0 spiro atoms. The lowest BCUT2D eigenvalue weighted by molar-refractivity contribution is -0.125. The van der Waals surface area contributed by atoms with Crippen molar-refractivity contribution in [3.8, 4) is 0 Å². The molecule has 25 heavy (non-hydrogen) atoms. The average Bonchev–Trinajstić information content (AvgIpc) is 3.01. The van der Waals surface area contributed by atoms with E-state index in [0.717, 1.165) is 51.1 Å². The van der Waals surface area contributed by atoms with Crippen LogP contribution < -0.4 is 10.2 Å². The Bertz CT molecular complexity index is 719. The minimum absolute atomic E-state index is 0.0837. The number of carbonyl (C=O) groups is 1. The number of piperidine rings is 1. The van der Waals surface area contributed by atoms with Crippen LogP contribution in [0.1, 0.15) is 25.0 Å². The predicted molar refractivity (Wildman–Crippen MR) is 97.7 cm³/mol. The Hall–Kier alpha value is -2.15. The lowest BCUT2D eigenvalue weighted by Gasteiger charge is -2.30. The van der Waals surface area contributed by atoms with E-state index in [1.807, 2.05) is 33.2 Å². The zero-order valence-electron chi connectivity index (χ0n) is 15.3. The highest BCUT2D eigenvalue weighted by atomic mass is 16.4. The summed E-state index contributed by atoms with van der Waals surface area (Å²) >= 11 is 0. The van der Waals surface area contributed by atoms with Gasteiger partial charge in [-0.2, -0.15) is 4.98 Å². The molecule has 136 valence electrons. The SMILES string of the molecule is Cc1ccc2oc(N3CCC(C(=O)NCCCN(C)C)CC3)nc2n1. The van der Waals surface area contributed by atoms with Gasteiger partial charge in [0.1, 0.15) is 0 Å². The standard InChI is InChI=1S/C18H27N5O2/c1-13-5-6-15-16(20-13)21-18(25-15)23-11-7-14(8-12-23)17(24)19-9-4-10-22(2)3/h5-6,14H,4,7-12H2,1-3H3,(H,19,24). The molecular formula is C18H27N5O2. The Labute approximate surface area is 148 Å². The van der Waals surface area contributed by atoms with Gasteiger partial charge in [-0.3, -0.25) is 4.79 Å². The molecule has 1 amide bonds. The zero-order chi connectivity index (χ0) is 17.8. The Kier molecular flexibility index (Phi) is 5.53. The minimum atomic E-state index is 0.0837. The number of hydrogen-bond acceptors (Lipinski definition) is 6. The van der Waals surface area contributed by atoms with E-state index in [-0.39, 0.29) is 11.8 Å². The fraction of sp³-hybridized carbons (Fsp3) is 0.611. The van der Waals surface area contributed by atoms with E-state index in [4.69, 9.17) is 4.42 Å². The smallest absolute Gasteiger partial charge is 0.299 e. The highest BCUT2D eigenvalue weighted by Gasteiger charge is 2.27. The molecule has 7 nitrogen and oxygen atoms in total. The molecule has 2 aromatic rings. The molecule has 0 atom stereocenters. The second kappa shape index (κ2) is 7.82. The van der Waals surface area contributed by atoms with E-state index in [2.05, 4.69) is 25.1 Å². The molecule has 3 heterocycles. The molecule has 0 bridgehead atoms. The molecule has 1 aliphatic heterocycles. The Morgan fingerprint density at radius 2 is 2.08 bits per heavy atom. The topological polar surface area (TPSA) is 74.5 Å². The van der Waals surface area contributed by atoms with E-state index in [0.29, 0.717) is 17.2 Å². The van der Waals surface area contributed by atoms with Gasteiger partial charge >= 0.3 is 0 Å². The molecule has 3 rings (SSSR count). The number of aryl methyl sites for hydroxylation is 1. The lowest BCUT2D eigenvalue weighted by Crippen LogP contribution is -2.41. The highest BCUT2D eigenvalue weighted by Crippen LogP contribution is 2.25. The Morgan fingerprint density at radius 3 is 2.80 bits per heavy atom. The number of hydrogen-bond donors (Lipinski definition) is 1. The van der Waals surface area contributed by atoms with Gasteiger partial charge in [0.25, 0.3) is 6.01 Å². The van der Waals surface area contributed by atoms with Gasteiger partial charge in [0.05, 0.1) is 0 Å². The van der Waals surface area contributed by atoms with Crippen LogP contribution in [0.25, 0.3) is 11.2 Å². The second-order valence-electron chi connectivity index (χ2n) is 6.98. The van der Waals surface area contributed by atoms with Crippen molar-refractivity contribution in [3.63, 3.8) is 0 Å². The second-order valence-corrected chi connectivity index (χ2v) is 6.98. The fourth-order valence-electron chi connectivity index (χ4n) is 3.12. The van der Waals surface area contributed by atoms with Gasteiger partial charge in [-0.1, -0.05) is 0 Å². The first kappa shape index (κ1) is 17.7. The average molecular weight is 345 g/mol. The van der Waals surface area contributed by atoms with Crippen LogP contribution in [-0.2, 0) is 4.79 Å². The van der Waals surface area contributed by atoms with Crippen molar-refractivity contribution in [2.24, 2.45) is 5.92 Å². The number of nitrogens with one attached hydrogen (secondary N) is 1. The highest BCUT2D eigenvalue weighted by molar-refractivity contribution is 5.79. The van der Waals surface area contributed by atoms with Crippen molar-refractivity contribution in [2.75, 3.05) is 45.2 Å². The van der Waals surface area contributed by atoms with Gasteiger partial charge < -0.3 is 19.5 Å². The third kappa shape index (κ3) is 4.48. The lowest BCUT2D eigenvalue weighted by atomic mass is 9.96. The van der Waals surface area contributed by atoms with Gasteiger partial charge in [-0.25, -0.2) is 4.98 Å². The zero-order valence-corrected chi connectivity index (χ0v) is 15.3. The summed E-state index contributed by atoms with van der Waals surface area (Å²) in [6, 6.07) is 4.43. The van der Waals surface area contributed by atoms with Crippen molar-refractivity contribution in [2.45, 2.75) is 26.2 Å². The molecule has 2 aromatic heterocycles. The number of fused-ring (bicyclic) bond motifs is 1. The molecule has 0 aromatic carbocycles. The molecule has 1 saturated heterocycles. The third-order valence-corrected chi connectivity index (χ3v) is 4.60. The van der Waals surface area contributed by atoms with E-state index >= 15 is 0 Å². The molecule has 1 fully saturated rings. The van der Waals surface area contributed by atoms with E-state index in [1.165, 1.54) is 0 Å². The number of carbonyl (C=O) groups excluding carboxylic acids is 1. The van der Waals surface area contributed by atoms with Crippen LogP contribution in [-0.4, -0.2) is 61.0 Å². The van der Waals surface area contributed by atoms with Gasteiger partial charge in [0, 0.05) is 31.2 Å². The molecule has 1 N–H and O–H groups in total. The van der Waals surface area contributed by atoms with Crippen LogP contribution >= 0.6 is 0 Å². The number of oxazole rings is 1. The van der Waals surface area contributed by atoms with Crippen LogP contribution in [0, 0.1) is 12.8 Å². The molecular weight excluding hydrogens is 318 g/mol. The van der Waals surface area contributed by atoms with Crippen molar-refractivity contribution in [3.05, 3.63) is 17.8 Å². The minimum Gasteiger partial charge on any atom is -0.422 e. The fourth-order valence-corrected chi connectivity index (χ4v) is 3.12. The summed E-state index contributed by atoms with van der Waals surface area (Å²) in [6.45, 7) is 5.23. The first-order valence-corrected chi connectivity index (χ1v) is 8.94. The first-order valence-electron chi connectivity index (χ1n) is 8.94. The van der Waals surface area contributed by atoms with Gasteiger partial charge in [-0.05, 0) is 59.0 Å². The normalized spacial score (nSPS) is 15.9. The van der Waals surface area contributed by atoms with Crippen LogP contribution in [0.3, 0.4) is 0 Å². The number of pyridine rings is 1. The predicted octanol–water partition coefficient (Wildman–Crippen LogP) is 1.82. The van der Waals surface area contributed by atoms with Crippen LogP contribution in [0.4, 0.5) is 6.01 Å². The number of aromatic nitrogens is 2. The summed E-state index contributed by atoms with van der Waals surface area (Å²) < 4.78 is 5.81. The maximum atomic E-state index is 12.3. The molecule has 7 heteroatoms. The van der Waals surface area contributed by atoms with Crippen molar-refractivity contribution in [1.82, 2.24) is 20.2 Å². The largest absolute Gasteiger partial charge is 0.422 e. The molecule has 0 saturated carbocycles. The van der Waals surface area contributed by atoms with Crippen molar-refractivity contribution >= 4 is 23.2 Å². The molecule has 1 aliphatic rings. The summed E-state index contributed by atoms with van der Waals surface area (Å²) in [5, 5.41) is 3.06. The summed E-state index contributed by atoms with van der Waals surface area (Å²) in [7, 11) is 4.08. The van der Waals surface area contributed by atoms with Gasteiger partial charge in [0.15, 0.2) is 5.58 Å². The summed E-state index contributed by atoms with van der Waals surface area (Å²) in [5.74, 6) is 0.258. The van der Waals surface area contributed by atoms with E-state index in [9.17, 15) is 4.79 Å². The Morgan fingerprint density at radius 1 is 1.32 bits per heavy atom. The van der Waals surface area contributed by atoms with Gasteiger partial charge in [0.2, 0.25) is 11.6 Å². The number of amides is 1. The monoisotopic (exact) mass is 345 g/mol. The van der Waals surface area contributed by atoms with Crippen molar-refractivity contribution < 1.29 is 9.21 Å². The molecule has 0 aliphatic carbocycles. The number of rotatable bonds is 6. The first-order chi connectivity index (χ1) is 12.0. The summed E-state index contributed by atoms with van der Waals surface area (Å²) in [6.07, 6.45) is 2.63. The maximum Gasteiger partial charge on any atom is 0.299 e. The maximum absolute atomic E-state index is 12.3. The summed E-state index contributed by atoms with van der Waals surface area (Å²) in [4.78, 5) is 25.4. The van der Waals surface area contributed by atoms with Gasteiger partial charge in [-0.15, -0.1) is 0 Å². The molecule has 0 radical (unpaired) electrons. The number of nitrogens with zero attached hydrogens (tertiary/aromatic N) is 4. The van der Waals surface area contributed by atoms with Crippen molar-refractivity contribution in [1.29, 1.82) is 0 Å². The van der Waals surface area contributed by atoms with Crippen LogP contribution in [0.2, 0.25) is 0 Å².